The molecule has 9 nitrogen and oxygen atoms in total. The number of rotatable bonds is 6. The lowest BCUT2D eigenvalue weighted by Crippen LogP contribution is -2.47. The number of likely N-dealkylation sites (N-methyl/N-ethyl adjacent to an activating group) is 1. The van der Waals surface area contributed by atoms with Gasteiger partial charge in [0.1, 0.15) is 0 Å². The molecule has 2 aromatic carbocycles. The van der Waals surface area contributed by atoms with Crippen LogP contribution in [0.3, 0.4) is 0 Å². The third kappa shape index (κ3) is 6.62. The van der Waals surface area contributed by atoms with Gasteiger partial charge in [-0.05, 0) is 58.8 Å². The molecular weight excluding hydrogens is 533 g/mol. The summed E-state index contributed by atoms with van der Waals surface area (Å²) in [6.45, 7) is 9.36. The Labute approximate surface area is 230 Å². The summed E-state index contributed by atoms with van der Waals surface area (Å²) in [6.07, 6.45) is 0. The number of anilines is 1. The molecule has 2 heterocycles. The van der Waals surface area contributed by atoms with Crippen LogP contribution in [0.15, 0.2) is 41.6 Å². The molecular formula is C25H29Cl2N7O2S. The predicted molar refractivity (Wildman–Crippen MR) is 147 cm³/mol. The van der Waals surface area contributed by atoms with Crippen LogP contribution in [0, 0.1) is 0 Å². The summed E-state index contributed by atoms with van der Waals surface area (Å²) in [7, 11) is 2.04. The number of carbonyl (C=O) groups is 2. The Hall–Kier alpha value is -2.66. The first kappa shape index (κ1) is 27.4. The average Bonchev–Trinajstić information content (AvgIpc) is 3.32. The number of aromatic nitrogens is 4. The van der Waals surface area contributed by atoms with Gasteiger partial charge >= 0.3 is 0 Å². The summed E-state index contributed by atoms with van der Waals surface area (Å²) >= 11 is 14.1. The third-order valence-corrected chi connectivity index (χ3v) is 7.63. The zero-order valence-corrected chi connectivity index (χ0v) is 23.5. The molecule has 3 aromatic rings. The number of amides is 2. The van der Waals surface area contributed by atoms with Crippen LogP contribution in [-0.4, -0.2) is 80.8 Å². The summed E-state index contributed by atoms with van der Waals surface area (Å²) in [5.41, 5.74) is 2.61. The fourth-order valence-electron chi connectivity index (χ4n) is 3.82. The van der Waals surface area contributed by atoms with Crippen LogP contribution >= 0.6 is 35.0 Å². The molecule has 0 radical (unpaired) electrons. The average molecular weight is 563 g/mol. The minimum atomic E-state index is -0.284. The third-order valence-electron chi connectivity index (χ3n) is 6.10. The number of tetrazole rings is 1. The molecule has 0 saturated carbocycles. The van der Waals surface area contributed by atoms with Gasteiger partial charge in [0.2, 0.25) is 11.1 Å². The van der Waals surface area contributed by atoms with Crippen molar-refractivity contribution in [2.45, 2.75) is 31.3 Å². The number of thioether (sulfide) groups is 1. The molecule has 2 amide bonds. The maximum atomic E-state index is 12.8. The van der Waals surface area contributed by atoms with Crippen molar-refractivity contribution in [3.05, 3.63) is 57.6 Å². The summed E-state index contributed by atoms with van der Waals surface area (Å²) in [4.78, 5) is 29.4. The van der Waals surface area contributed by atoms with Gasteiger partial charge in [-0.15, -0.1) is 5.10 Å². The van der Waals surface area contributed by atoms with Crippen molar-refractivity contribution in [3.63, 3.8) is 0 Å². The highest BCUT2D eigenvalue weighted by molar-refractivity contribution is 7.99. The summed E-state index contributed by atoms with van der Waals surface area (Å²) in [6, 6.07) is 10.7. The Morgan fingerprint density at radius 1 is 1.03 bits per heavy atom. The second-order valence-corrected chi connectivity index (χ2v) is 11.7. The van der Waals surface area contributed by atoms with Gasteiger partial charge < -0.3 is 15.1 Å². The van der Waals surface area contributed by atoms with Crippen LogP contribution in [0.5, 0.6) is 0 Å². The molecule has 12 heteroatoms. The Kier molecular flexibility index (Phi) is 8.42. The molecule has 1 fully saturated rings. The number of carbonyl (C=O) groups excluding carboxylic acids is 2. The number of hydrogen-bond acceptors (Lipinski definition) is 7. The van der Waals surface area contributed by atoms with Crippen LogP contribution < -0.4 is 5.32 Å². The molecule has 1 aliphatic heterocycles. The van der Waals surface area contributed by atoms with E-state index in [1.54, 1.807) is 18.2 Å². The zero-order valence-electron chi connectivity index (χ0n) is 21.2. The van der Waals surface area contributed by atoms with E-state index in [1.165, 1.54) is 16.4 Å². The minimum Gasteiger partial charge on any atom is -0.336 e. The minimum absolute atomic E-state index is 0.0458. The molecule has 1 saturated heterocycles. The molecule has 1 N–H and O–H groups in total. The lowest BCUT2D eigenvalue weighted by molar-refractivity contribution is -0.113. The lowest BCUT2D eigenvalue weighted by atomic mass is 9.87. The number of halogens is 2. The molecule has 1 aromatic heterocycles. The van der Waals surface area contributed by atoms with E-state index < -0.39 is 0 Å². The SMILES string of the molecule is CN1CCN(C(=O)c2ccc(NC(=O)CSc3nnnn3-c3ccc(C(C)(C)C)cc3Cl)c(Cl)c2)CC1. The van der Waals surface area contributed by atoms with E-state index in [4.69, 9.17) is 23.2 Å². The highest BCUT2D eigenvalue weighted by Gasteiger charge is 2.22. The number of hydrogen-bond donors (Lipinski definition) is 1. The lowest BCUT2D eigenvalue weighted by Gasteiger charge is -2.32. The monoisotopic (exact) mass is 561 g/mol. The van der Waals surface area contributed by atoms with E-state index in [0.717, 1.165) is 18.7 Å². The topological polar surface area (TPSA) is 96.2 Å². The molecule has 4 rings (SSSR count). The second-order valence-electron chi connectivity index (χ2n) is 9.92. The van der Waals surface area contributed by atoms with Gasteiger partial charge in [-0.3, -0.25) is 9.59 Å². The van der Waals surface area contributed by atoms with Gasteiger partial charge in [0.15, 0.2) is 0 Å². The standard InChI is InChI=1S/C25H29Cl2N7O2S/c1-25(2,3)17-6-8-21(19(27)14-17)34-24(29-30-31-34)37-15-22(35)28-20-7-5-16(13-18(20)26)23(36)33-11-9-32(4)10-12-33/h5-8,13-14H,9-12,15H2,1-4H3,(H,28,35). The van der Waals surface area contributed by atoms with Crippen molar-refractivity contribution in [2.24, 2.45) is 0 Å². The first-order chi connectivity index (χ1) is 17.5. The van der Waals surface area contributed by atoms with Crippen LogP contribution in [0.1, 0.15) is 36.7 Å². The van der Waals surface area contributed by atoms with E-state index in [9.17, 15) is 9.59 Å². The fourth-order valence-corrected chi connectivity index (χ4v) is 5.00. The number of nitrogens with zero attached hydrogens (tertiary/aromatic N) is 6. The maximum Gasteiger partial charge on any atom is 0.253 e. The van der Waals surface area contributed by atoms with Crippen molar-refractivity contribution < 1.29 is 9.59 Å². The smallest absolute Gasteiger partial charge is 0.253 e. The summed E-state index contributed by atoms with van der Waals surface area (Å²) in [5, 5.41) is 15.9. The number of piperazine rings is 1. The fraction of sp³-hybridized carbons (Fsp3) is 0.400. The van der Waals surface area contributed by atoms with Crippen LogP contribution in [0.25, 0.3) is 5.69 Å². The first-order valence-corrected chi connectivity index (χ1v) is 13.6. The number of nitrogens with one attached hydrogen (secondary N) is 1. The van der Waals surface area contributed by atoms with Crippen molar-refractivity contribution in [1.82, 2.24) is 30.0 Å². The second kappa shape index (κ2) is 11.4. The highest BCUT2D eigenvalue weighted by atomic mass is 35.5. The molecule has 37 heavy (non-hydrogen) atoms. The van der Waals surface area contributed by atoms with Gasteiger partial charge in [-0.25, -0.2) is 0 Å². The van der Waals surface area contributed by atoms with Crippen molar-refractivity contribution in [1.29, 1.82) is 0 Å². The molecule has 0 aliphatic carbocycles. The first-order valence-electron chi connectivity index (χ1n) is 11.8. The zero-order chi connectivity index (χ0) is 26.7. The summed E-state index contributed by atoms with van der Waals surface area (Å²) < 4.78 is 1.51. The number of benzene rings is 2. The van der Waals surface area contributed by atoms with E-state index >= 15 is 0 Å². The van der Waals surface area contributed by atoms with E-state index in [1.807, 2.05) is 30.1 Å². The quantitative estimate of drug-likeness (QED) is 0.446. The molecule has 0 spiro atoms. The van der Waals surface area contributed by atoms with Crippen molar-refractivity contribution in [2.75, 3.05) is 44.3 Å². The molecule has 0 bridgehead atoms. The molecule has 196 valence electrons. The molecule has 0 unspecified atom stereocenters. The van der Waals surface area contributed by atoms with Gasteiger partial charge in [0, 0.05) is 31.7 Å². The largest absolute Gasteiger partial charge is 0.336 e. The van der Waals surface area contributed by atoms with Crippen LogP contribution in [0.4, 0.5) is 5.69 Å². The Bertz CT molecular complexity index is 1300. The Morgan fingerprint density at radius 2 is 1.76 bits per heavy atom. The predicted octanol–water partition coefficient (Wildman–Crippen LogP) is 4.39. The highest BCUT2D eigenvalue weighted by Crippen LogP contribution is 2.30. The summed E-state index contributed by atoms with van der Waals surface area (Å²) in [5.74, 6) is -0.297. The van der Waals surface area contributed by atoms with Gasteiger partial charge in [-0.1, -0.05) is 61.8 Å². The molecule has 1 aliphatic rings. The van der Waals surface area contributed by atoms with E-state index in [-0.39, 0.29) is 23.0 Å². The van der Waals surface area contributed by atoms with E-state index in [0.29, 0.717) is 45.2 Å². The molecule has 0 atom stereocenters. The van der Waals surface area contributed by atoms with Crippen LogP contribution in [-0.2, 0) is 10.2 Å². The Morgan fingerprint density at radius 3 is 2.41 bits per heavy atom. The maximum absolute atomic E-state index is 12.8. The van der Waals surface area contributed by atoms with Gasteiger partial charge in [0.05, 0.1) is 27.2 Å². The van der Waals surface area contributed by atoms with Gasteiger partial charge in [-0.2, -0.15) is 4.68 Å². The van der Waals surface area contributed by atoms with E-state index in [2.05, 4.69) is 46.5 Å². The van der Waals surface area contributed by atoms with Gasteiger partial charge in [0.25, 0.3) is 5.91 Å². The van der Waals surface area contributed by atoms with Crippen molar-refractivity contribution >= 4 is 52.5 Å². The van der Waals surface area contributed by atoms with Crippen molar-refractivity contribution in [3.8, 4) is 5.69 Å². The van der Waals surface area contributed by atoms with Crippen LogP contribution in [0.2, 0.25) is 10.0 Å². The normalized spacial score (nSPS) is 14.6. The Balaban J connectivity index is 1.38.